The smallest absolute Gasteiger partial charge is 0.243 e. The van der Waals surface area contributed by atoms with E-state index in [1.54, 1.807) is 31.4 Å². The van der Waals surface area contributed by atoms with Crippen molar-refractivity contribution in [1.29, 1.82) is 0 Å². The maximum atomic E-state index is 13.6. The van der Waals surface area contributed by atoms with Crippen LogP contribution in [-0.2, 0) is 26.2 Å². The number of sulfonamides is 1. The standard InChI is InChI=1S/C27H37N3O5S/c1-5-25(27(32)28-22-8-6-7-9-22)30(18-21-12-14-23(35-4)15-13-21)26(31)19-29(3)36(33,34)24-16-10-20(2)11-17-24/h10-17,22,25H,5-9,18-19H2,1-4H3,(H,28,32)/t25-/m1/s1. The number of hydrogen-bond acceptors (Lipinski definition) is 5. The molecule has 1 aliphatic rings. The van der Waals surface area contributed by atoms with Gasteiger partial charge in [-0.3, -0.25) is 9.59 Å². The van der Waals surface area contributed by atoms with Crippen molar-refractivity contribution in [3.05, 3.63) is 59.7 Å². The summed E-state index contributed by atoms with van der Waals surface area (Å²) >= 11 is 0. The summed E-state index contributed by atoms with van der Waals surface area (Å²) in [4.78, 5) is 28.4. The lowest BCUT2D eigenvalue weighted by atomic mass is 10.1. The molecule has 1 N–H and O–H groups in total. The summed E-state index contributed by atoms with van der Waals surface area (Å²) in [5.74, 6) is 0.0549. The Kier molecular flexibility index (Phi) is 9.50. The molecule has 2 aromatic rings. The molecular formula is C27H37N3O5S. The number of likely N-dealkylation sites (N-methyl/N-ethyl adjacent to an activating group) is 1. The molecule has 0 spiro atoms. The molecule has 1 fully saturated rings. The van der Waals surface area contributed by atoms with Crippen molar-refractivity contribution < 1.29 is 22.7 Å². The van der Waals surface area contributed by atoms with E-state index in [1.807, 2.05) is 26.0 Å². The molecule has 0 bridgehead atoms. The van der Waals surface area contributed by atoms with Crippen molar-refractivity contribution in [2.24, 2.45) is 0 Å². The largest absolute Gasteiger partial charge is 0.497 e. The third kappa shape index (κ3) is 6.85. The third-order valence-electron chi connectivity index (χ3n) is 6.69. The number of nitrogens with zero attached hydrogens (tertiary/aromatic N) is 2. The molecule has 0 heterocycles. The number of aryl methyl sites for hydroxylation is 1. The Hall–Kier alpha value is -2.91. The van der Waals surface area contributed by atoms with Crippen molar-refractivity contribution in [1.82, 2.24) is 14.5 Å². The molecule has 0 radical (unpaired) electrons. The molecule has 3 rings (SSSR count). The first kappa shape index (κ1) is 27.7. The molecule has 2 aromatic carbocycles. The Morgan fingerprint density at radius 2 is 1.67 bits per heavy atom. The summed E-state index contributed by atoms with van der Waals surface area (Å²) in [6.07, 6.45) is 4.45. The van der Waals surface area contributed by atoms with Gasteiger partial charge < -0.3 is 15.0 Å². The molecule has 9 heteroatoms. The summed E-state index contributed by atoms with van der Waals surface area (Å²) in [5.41, 5.74) is 1.76. The Morgan fingerprint density at radius 3 is 2.22 bits per heavy atom. The number of carbonyl (C=O) groups is 2. The second-order valence-electron chi connectivity index (χ2n) is 9.36. The van der Waals surface area contributed by atoms with Crippen LogP contribution in [0.2, 0.25) is 0 Å². The molecule has 196 valence electrons. The van der Waals surface area contributed by atoms with Crippen molar-refractivity contribution in [2.45, 2.75) is 69.5 Å². The lowest BCUT2D eigenvalue weighted by molar-refractivity contribution is -0.141. The molecule has 1 atom stereocenters. The van der Waals surface area contributed by atoms with Crippen LogP contribution in [0.4, 0.5) is 0 Å². The number of rotatable bonds is 11. The molecule has 36 heavy (non-hydrogen) atoms. The first-order valence-electron chi connectivity index (χ1n) is 12.4. The summed E-state index contributed by atoms with van der Waals surface area (Å²) in [5, 5.41) is 3.10. The summed E-state index contributed by atoms with van der Waals surface area (Å²) in [7, 11) is -0.903. The fourth-order valence-electron chi connectivity index (χ4n) is 4.47. The molecule has 1 aliphatic carbocycles. The van der Waals surface area contributed by atoms with Gasteiger partial charge in [-0.2, -0.15) is 4.31 Å². The van der Waals surface area contributed by atoms with Crippen LogP contribution in [0.1, 0.15) is 50.2 Å². The maximum absolute atomic E-state index is 13.6. The SMILES string of the molecule is CC[C@H](C(=O)NC1CCCC1)N(Cc1ccc(OC)cc1)C(=O)CN(C)S(=O)(=O)c1ccc(C)cc1. The Labute approximate surface area is 214 Å². The van der Waals surface area contributed by atoms with E-state index in [1.165, 1.54) is 24.1 Å². The number of methoxy groups -OCH3 is 1. The lowest BCUT2D eigenvalue weighted by Gasteiger charge is -2.32. The van der Waals surface area contributed by atoms with Crippen LogP contribution in [0.25, 0.3) is 0 Å². The third-order valence-corrected chi connectivity index (χ3v) is 8.50. The minimum absolute atomic E-state index is 0.120. The number of hydrogen-bond donors (Lipinski definition) is 1. The first-order valence-corrected chi connectivity index (χ1v) is 13.9. The number of benzene rings is 2. The van der Waals surface area contributed by atoms with E-state index in [0.29, 0.717) is 12.2 Å². The van der Waals surface area contributed by atoms with Crippen molar-refractivity contribution in [2.75, 3.05) is 20.7 Å². The van der Waals surface area contributed by atoms with Crippen LogP contribution in [0.15, 0.2) is 53.4 Å². The van der Waals surface area contributed by atoms with E-state index in [4.69, 9.17) is 4.74 Å². The van der Waals surface area contributed by atoms with Crippen LogP contribution < -0.4 is 10.1 Å². The van der Waals surface area contributed by atoms with Gasteiger partial charge in [-0.25, -0.2) is 8.42 Å². The fourth-order valence-corrected chi connectivity index (χ4v) is 5.59. The van der Waals surface area contributed by atoms with Gasteiger partial charge in [0, 0.05) is 19.6 Å². The van der Waals surface area contributed by atoms with Crippen LogP contribution in [0.5, 0.6) is 5.75 Å². The van der Waals surface area contributed by atoms with Crippen LogP contribution >= 0.6 is 0 Å². The molecule has 0 unspecified atom stereocenters. The summed E-state index contributed by atoms with van der Waals surface area (Å²) in [6, 6.07) is 13.2. The highest BCUT2D eigenvalue weighted by Gasteiger charge is 2.33. The Morgan fingerprint density at radius 1 is 1.06 bits per heavy atom. The van der Waals surface area contributed by atoms with Crippen molar-refractivity contribution in [3.8, 4) is 5.75 Å². The number of nitrogens with one attached hydrogen (secondary N) is 1. The molecule has 2 amide bonds. The quantitative estimate of drug-likeness (QED) is 0.494. The van der Waals surface area contributed by atoms with Crippen molar-refractivity contribution >= 4 is 21.8 Å². The van der Waals surface area contributed by atoms with Crippen LogP contribution in [0, 0.1) is 6.92 Å². The number of carbonyl (C=O) groups excluding carboxylic acids is 2. The average Bonchev–Trinajstić information content (AvgIpc) is 3.37. The Balaban J connectivity index is 1.83. The molecule has 0 saturated heterocycles. The van der Waals surface area contributed by atoms with Gasteiger partial charge in [-0.1, -0.05) is 49.6 Å². The second-order valence-corrected chi connectivity index (χ2v) is 11.4. The van der Waals surface area contributed by atoms with E-state index in [2.05, 4.69) is 5.32 Å². The van der Waals surface area contributed by atoms with Gasteiger partial charge in [0.25, 0.3) is 0 Å². The van der Waals surface area contributed by atoms with Gasteiger partial charge in [0.05, 0.1) is 18.6 Å². The predicted molar refractivity (Wildman–Crippen MR) is 139 cm³/mol. The second kappa shape index (κ2) is 12.4. The van der Waals surface area contributed by atoms with E-state index < -0.39 is 22.0 Å². The van der Waals surface area contributed by atoms with Gasteiger partial charge in [0.15, 0.2) is 0 Å². The highest BCUT2D eigenvalue weighted by molar-refractivity contribution is 7.89. The first-order chi connectivity index (χ1) is 17.1. The number of ether oxygens (including phenoxy) is 1. The average molecular weight is 516 g/mol. The zero-order valence-electron chi connectivity index (χ0n) is 21.6. The van der Waals surface area contributed by atoms with E-state index in [-0.39, 0.29) is 29.9 Å². The zero-order valence-corrected chi connectivity index (χ0v) is 22.4. The zero-order chi connectivity index (χ0) is 26.3. The van der Waals surface area contributed by atoms with E-state index >= 15 is 0 Å². The van der Waals surface area contributed by atoms with Gasteiger partial charge in [0.2, 0.25) is 21.8 Å². The van der Waals surface area contributed by atoms with Gasteiger partial charge in [-0.15, -0.1) is 0 Å². The van der Waals surface area contributed by atoms with Gasteiger partial charge in [-0.05, 0) is 56.0 Å². The van der Waals surface area contributed by atoms with Gasteiger partial charge >= 0.3 is 0 Å². The van der Waals surface area contributed by atoms with Crippen molar-refractivity contribution in [3.63, 3.8) is 0 Å². The lowest BCUT2D eigenvalue weighted by Crippen LogP contribution is -2.53. The van der Waals surface area contributed by atoms with E-state index in [0.717, 1.165) is 41.1 Å². The molecule has 0 aromatic heterocycles. The normalized spacial score (nSPS) is 15.0. The molecule has 1 saturated carbocycles. The summed E-state index contributed by atoms with van der Waals surface area (Å²) in [6.45, 7) is 3.54. The fraction of sp³-hybridized carbons (Fsp3) is 0.481. The summed E-state index contributed by atoms with van der Waals surface area (Å²) < 4.78 is 32.5. The predicted octanol–water partition coefficient (Wildman–Crippen LogP) is 3.49. The topological polar surface area (TPSA) is 96.0 Å². The highest BCUT2D eigenvalue weighted by Crippen LogP contribution is 2.21. The monoisotopic (exact) mass is 515 g/mol. The van der Waals surface area contributed by atoms with Gasteiger partial charge in [0.1, 0.15) is 11.8 Å². The Bertz CT molecular complexity index is 1130. The minimum Gasteiger partial charge on any atom is -0.497 e. The van der Waals surface area contributed by atoms with Crippen LogP contribution in [0.3, 0.4) is 0 Å². The molecule has 8 nitrogen and oxygen atoms in total. The highest BCUT2D eigenvalue weighted by atomic mass is 32.2. The minimum atomic E-state index is -3.87. The number of amides is 2. The van der Waals surface area contributed by atoms with Crippen LogP contribution in [-0.4, -0.2) is 62.2 Å². The molecule has 0 aliphatic heterocycles. The maximum Gasteiger partial charge on any atom is 0.243 e. The molecular weight excluding hydrogens is 478 g/mol. The van der Waals surface area contributed by atoms with E-state index in [9.17, 15) is 18.0 Å².